The van der Waals surface area contributed by atoms with Crippen molar-refractivity contribution in [3.8, 4) is 0 Å². The van der Waals surface area contributed by atoms with Crippen LogP contribution < -0.4 is 15.5 Å². The molecular formula is C20H36N4O. The number of benzene rings is 1. The molecule has 5 heteroatoms. The summed E-state index contributed by atoms with van der Waals surface area (Å²) in [6, 6.07) is 8.44. The Kier molecular flexibility index (Phi) is 10.0. The third-order valence-electron chi connectivity index (χ3n) is 4.09. The highest BCUT2D eigenvalue weighted by Crippen LogP contribution is 2.15. The van der Waals surface area contributed by atoms with Crippen LogP contribution in [0.5, 0.6) is 0 Å². The van der Waals surface area contributed by atoms with Gasteiger partial charge in [-0.05, 0) is 49.3 Å². The number of hydrogen-bond acceptors (Lipinski definition) is 3. The molecular weight excluding hydrogens is 312 g/mol. The zero-order valence-corrected chi connectivity index (χ0v) is 16.5. The van der Waals surface area contributed by atoms with Crippen LogP contribution in [0.2, 0.25) is 0 Å². The first-order valence-electron chi connectivity index (χ1n) is 9.35. The summed E-state index contributed by atoms with van der Waals surface area (Å²) in [7, 11) is 4.09. The van der Waals surface area contributed by atoms with Gasteiger partial charge in [0.05, 0.1) is 6.54 Å². The third-order valence-corrected chi connectivity index (χ3v) is 4.09. The average molecular weight is 349 g/mol. The van der Waals surface area contributed by atoms with Gasteiger partial charge in [-0.2, -0.15) is 0 Å². The zero-order chi connectivity index (χ0) is 18.7. The molecule has 142 valence electrons. The van der Waals surface area contributed by atoms with Gasteiger partial charge >= 0.3 is 0 Å². The number of hydrogen-bond donors (Lipinski definition) is 3. The Morgan fingerprint density at radius 1 is 1.24 bits per heavy atom. The Labute approximate surface area is 153 Å². The molecule has 0 aliphatic heterocycles. The summed E-state index contributed by atoms with van der Waals surface area (Å²) in [5.41, 5.74) is 2.38. The SMILES string of the molecule is CCNC(=NCc1cccc(N(C)C)c1)NCC(CCO)CC(C)C. The fourth-order valence-corrected chi connectivity index (χ4v) is 2.84. The number of anilines is 1. The van der Waals surface area contributed by atoms with Crippen LogP contribution in [0.15, 0.2) is 29.3 Å². The van der Waals surface area contributed by atoms with Gasteiger partial charge in [-0.15, -0.1) is 0 Å². The second kappa shape index (κ2) is 11.7. The van der Waals surface area contributed by atoms with Crippen molar-refractivity contribution in [2.24, 2.45) is 16.8 Å². The molecule has 1 unspecified atom stereocenters. The second-order valence-electron chi connectivity index (χ2n) is 7.15. The largest absolute Gasteiger partial charge is 0.396 e. The van der Waals surface area contributed by atoms with Gasteiger partial charge in [0.1, 0.15) is 0 Å². The van der Waals surface area contributed by atoms with Crippen LogP contribution in [0.3, 0.4) is 0 Å². The molecule has 1 aromatic rings. The lowest BCUT2D eigenvalue weighted by Gasteiger charge is -2.20. The normalized spacial score (nSPS) is 13.0. The van der Waals surface area contributed by atoms with Crippen LogP contribution in [0.25, 0.3) is 0 Å². The standard InChI is InChI=1S/C20H36N4O/c1-6-21-20(23-15-18(10-11-25)12-16(2)3)22-14-17-8-7-9-19(13-17)24(4)5/h7-9,13,16,18,25H,6,10-12,14-15H2,1-5H3,(H2,21,22,23). The van der Waals surface area contributed by atoms with Crippen LogP contribution in [0.1, 0.15) is 39.2 Å². The fourth-order valence-electron chi connectivity index (χ4n) is 2.84. The van der Waals surface area contributed by atoms with Crippen LogP contribution in [-0.2, 0) is 6.54 Å². The summed E-state index contributed by atoms with van der Waals surface area (Å²) in [4.78, 5) is 6.81. The van der Waals surface area contributed by atoms with Crippen molar-refractivity contribution < 1.29 is 5.11 Å². The minimum Gasteiger partial charge on any atom is -0.396 e. The maximum Gasteiger partial charge on any atom is 0.191 e. The molecule has 0 fully saturated rings. The molecule has 0 aliphatic carbocycles. The maximum absolute atomic E-state index is 9.26. The first-order chi connectivity index (χ1) is 12.0. The van der Waals surface area contributed by atoms with E-state index in [9.17, 15) is 5.11 Å². The van der Waals surface area contributed by atoms with Crippen LogP contribution in [-0.4, -0.2) is 44.9 Å². The summed E-state index contributed by atoms with van der Waals surface area (Å²) in [5, 5.41) is 16.0. The highest BCUT2D eigenvalue weighted by Gasteiger charge is 2.11. The third kappa shape index (κ3) is 8.77. The first kappa shape index (κ1) is 21.3. The Bertz CT molecular complexity index is 514. The molecule has 0 saturated carbocycles. The zero-order valence-electron chi connectivity index (χ0n) is 16.5. The molecule has 0 radical (unpaired) electrons. The Balaban J connectivity index is 2.68. The molecule has 1 atom stereocenters. The summed E-state index contributed by atoms with van der Waals surface area (Å²) in [5.74, 6) is 1.93. The van der Waals surface area contributed by atoms with E-state index in [2.05, 4.69) is 60.6 Å². The maximum atomic E-state index is 9.26. The van der Waals surface area contributed by atoms with E-state index in [1.165, 1.54) is 11.3 Å². The predicted octanol–water partition coefficient (Wildman–Crippen LogP) is 2.85. The van der Waals surface area contributed by atoms with E-state index in [1.54, 1.807) is 0 Å². The van der Waals surface area contributed by atoms with Crippen molar-refractivity contribution in [2.75, 3.05) is 38.7 Å². The highest BCUT2D eigenvalue weighted by molar-refractivity contribution is 5.79. The van der Waals surface area contributed by atoms with Gasteiger partial charge in [-0.1, -0.05) is 26.0 Å². The summed E-state index contributed by atoms with van der Waals surface area (Å²) in [6.45, 7) is 9.07. The van der Waals surface area contributed by atoms with Crippen LogP contribution in [0, 0.1) is 11.8 Å². The number of aliphatic imine (C=N–C) groups is 1. The molecule has 0 spiro atoms. The molecule has 0 saturated heterocycles. The lowest BCUT2D eigenvalue weighted by atomic mass is 9.94. The van der Waals surface area contributed by atoms with Crippen LogP contribution in [0.4, 0.5) is 5.69 Å². The first-order valence-corrected chi connectivity index (χ1v) is 9.35. The quantitative estimate of drug-likeness (QED) is 0.449. The van der Waals surface area contributed by atoms with E-state index in [0.717, 1.165) is 31.9 Å². The second-order valence-corrected chi connectivity index (χ2v) is 7.15. The molecule has 0 heterocycles. The number of guanidine groups is 1. The number of aliphatic hydroxyl groups is 1. The Hall–Kier alpha value is -1.75. The van der Waals surface area contributed by atoms with Gasteiger partial charge in [-0.3, -0.25) is 0 Å². The lowest BCUT2D eigenvalue weighted by molar-refractivity contribution is 0.243. The summed E-state index contributed by atoms with van der Waals surface area (Å²) >= 11 is 0. The van der Waals surface area contributed by atoms with Crippen molar-refractivity contribution in [2.45, 2.75) is 40.2 Å². The lowest BCUT2D eigenvalue weighted by Crippen LogP contribution is -2.40. The predicted molar refractivity (Wildman–Crippen MR) is 108 cm³/mol. The van der Waals surface area contributed by atoms with E-state index in [0.29, 0.717) is 18.4 Å². The van der Waals surface area contributed by atoms with Gasteiger partial charge in [0.15, 0.2) is 5.96 Å². The Morgan fingerprint density at radius 3 is 2.60 bits per heavy atom. The molecule has 0 bridgehead atoms. The summed E-state index contributed by atoms with van der Waals surface area (Å²) < 4.78 is 0. The molecule has 25 heavy (non-hydrogen) atoms. The van der Waals surface area contributed by atoms with Crippen molar-refractivity contribution in [3.05, 3.63) is 29.8 Å². The average Bonchev–Trinajstić information content (AvgIpc) is 2.57. The monoisotopic (exact) mass is 348 g/mol. The molecule has 0 aliphatic rings. The summed E-state index contributed by atoms with van der Waals surface area (Å²) in [6.07, 6.45) is 1.94. The molecule has 0 aromatic heterocycles. The van der Waals surface area contributed by atoms with Gasteiger partial charge in [0, 0.05) is 39.5 Å². The molecule has 1 aromatic carbocycles. The minimum atomic E-state index is 0.240. The van der Waals surface area contributed by atoms with Gasteiger partial charge in [0.25, 0.3) is 0 Å². The van der Waals surface area contributed by atoms with E-state index in [1.807, 2.05) is 14.1 Å². The molecule has 5 nitrogen and oxygen atoms in total. The van der Waals surface area contributed by atoms with E-state index >= 15 is 0 Å². The van der Waals surface area contributed by atoms with Crippen molar-refractivity contribution in [1.29, 1.82) is 0 Å². The molecule has 0 amide bonds. The number of aliphatic hydroxyl groups excluding tert-OH is 1. The van der Waals surface area contributed by atoms with Crippen molar-refractivity contribution >= 4 is 11.6 Å². The highest BCUT2D eigenvalue weighted by atomic mass is 16.3. The number of rotatable bonds is 10. The fraction of sp³-hybridized carbons (Fsp3) is 0.650. The Morgan fingerprint density at radius 2 is 2.00 bits per heavy atom. The van der Waals surface area contributed by atoms with E-state index in [-0.39, 0.29) is 6.61 Å². The topological polar surface area (TPSA) is 59.9 Å². The van der Waals surface area contributed by atoms with Crippen molar-refractivity contribution in [3.63, 3.8) is 0 Å². The molecule has 1 rings (SSSR count). The van der Waals surface area contributed by atoms with E-state index in [4.69, 9.17) is 4.99 Å². The van der Waals surface area contributed by atoms with Crippen LogP contribution >= 0.6 is 0 Å². The van der Waals surface area contributed by atoms with Gasteiger partial charge in [0.2, 0.25) is 0 Å². The minimum absolute atomic E-state index is 0.240. The number of nitrogens with one attached hydrogen (secondary N) is 2. The molecule has 3 N–H and O–H groups in total. The van der Waals surface area contributed by atoms with Gasteiger partial charge < -0.3 is 20.6 Å². The number of nitrogens with zero attached hydrogens (tertiary/aromatic N) is 2. The smallest absolute Gasteiger partial charge is 0.191 e. The van der Waals surface area contributed by atoms with Gasteiger partial charge in [-0.25, -0.2) is 4.99 Å². The van der Waals surface area contributed by atoms with Crippen molar-refractivity contribution in [1.82, 2.24) is 10.6 Å². The van der Waals surface area contributed by atoms with E-state index < -0.39 is 0 Å².